The molecule has 3 heteroatoms. The molecule has 3 fully saturated rings. The molecular weight excluding hydrogens is 288 g/mol. The lowest BCUT2D eigenvalue weighted by Crippen LogP contribution is -2.75. The van der Waals surface area contributed by atoms with Gasteiger partial charge in [0, 0.05) is 11.8 Å². The summed E-state index contributed by atoms with van der Waals surface area (Å²) in [6.45, 7) is 12.4. The first-order chi connectivity index (χ1) is 10.4. The molecule has 23 heavy (non-hydrogen) atoms. The molecule has 0 aromatic carbocycles. The Labute approximate surface area is 140 Å². The molecule has 0 spiro atoms. The third-order valence-electron chi connectivity index (χ3n) is 8.05. The lowest BCUT2D eigenvalue weighted by molar-refractivity contribution is -0.320. The average Bonchev–Trinajstić information content (AvgIpc) is 2.42. The van der Waals surface area contributed by atoms with Gasteiger partial charge in [0.2, 0.25) is 0 Å². The molecule has 0 aromatic heterocycles. The molecule has 132 valence electrons. The van der Waals surface area contributed by atoms with Gasteiger partial charge in [-0.15, -0.1) is 6.58 Å². The standard InChI is InChI=1S/C20H34O3/c1-6-17(4)11-8-14-18(5)10-7-9-16(2,3)20(18,23)15(21)12-19(14,22)13-17/h6,14-15,21-23H,1,7-13H2,2-5H3/t14-,15-,17+,18-,19-,20-/m1/s1. The molecule has 0 heterocycles. The zero-order chi connectivity index (χ0) is 17.3. The number of aliphatic hydroxyl groups is 3. The summed E-state index contributed by atoms with van der Waals surface area (Å²) in [7, 11) is 0. The highest BCUT2D eigenvalue weighted by molar-refractivity contribution is 5.22. The fourth-order valence-electron chi connectivity index (χ4n) is 6.76. The van der Waals surface area contributed by atoms with Crippen LogP contribution in [0, 0.1) is 22.2 Å². The highest BCUT2D eigenvalue weighted by Gasteiger charge is 2.71. The summed E-state index contributed by atoms with van der Waals surface area (Å²) < 4.78 is 0. The number of allylic oxidation sites excluding steroid dienone is 1. The van der Waals surface area contributed by atoms with Gasteiger partial charge in [0.05, 0.1) is 11.7 Å². The topological polar surface area (TPSA) is 60.7 Å². The van der Waals surface area contributed by atoms with Crippen molar-refractivity contribution in [3.8, 4) is 0 Å². The van der Waals surface area contributed by atoms with Gasteiger partial charge < -0.3 is 15.3 Å². The third kappa shape index (κ3) is 2.06. The lowest BCUT2D eigenvalue weighted by atomic mass is 9.39. The quantitative estimate of drug-likeness (QED) is 0.648. The first-order valence-electron chi connectivity index (χ1n) is 9.21. The maximum Gasteiger partial charge on any atom is 0.101 e. The van der Waals surface area contributed by atoms with E-state index < -0.39 is 22.7 Å². The minimum atomic E-state index is -1.13. The molecule has 3 rings (SSSR count). The van der Waals surface area contributed by atoms with Crippen LogP contribution in [0.4, 0.5) is 0 Å². The van der Waals surface area contributed by atoms with Gasteiger partial charge in [0.1, 0.15) is 5.60 Å². The largest absolute Gasteiger partial charge is 0.390 e. The fraction of sp³-hybridized carbons (Fsp3) is 0.900. The van der Waals surface area contributed by atoms with E-state index in [4.69, 9.17) is 0 Å². The van der Waals surface area contributed by atoms with Crippen molar-refractivity contribution in [2.45, 2.75) is 89.9 Å². The van der Waals surface area contributed by atoms with Crippen LogP contribution < -0.4 is 0 Å². The van der Waals surface area contributed by atoms with Gasteiger partial charge >= 0.3 is 0 Å². The van der Waals surface area contributed by atoms with E-state index in [1.165, 1.54) is 0 Å². The Bertz CT molecular complexity index is 515. The Morgan fingerprint density at radius 2 is 1.70 bits per heavy atom. The zero-order valence-electron chi connectivity index (χ0n) is 15.2. The Kier molecular flexibility index (Phi) is 3.66. The third-order valence-corrected chi connectivity index (χ3v) is 8.05. The first-order valence-corrected chi connectivity index (χ1v) is 9.21. The molecule has 0 saturated heterocycles. The van der Waals surface area contributed by atoms with E-state index in [9.17, 15) is 15.3 Å². The molecule has 3 aliphatic carbocycles. The average molecular weight is 322 g/mol. The lowest BCUT2D eigenvalue weighted by Gasteiger charge is -2.69. The van der Waals surface area contributed by atoms with Crippen LogP contribution in [0.25, 0.3) is 0 Å². The maximum atomic E-state index is 11.7. The normalized spacial score (nSPS) is 55.6. The van der Waals surface area contributed by atoms with Crippen molar-refractivity contribution in [3.05, 3.63) is 12.7 Å². The van der Waals surface area contributed by atoms with E-state index >= 15 is 0 Å². The van der Waals surface area contributed by atoms with Crippen molar-refractivity contribution in [3.63, 3.8) is 0 Å². The van der Waals surface area contributed by atoms with Gasteiger partial charge in [-0.2, -0.15) is 0 Å². The number of fused-ring (bicyclic) bond motifs is 3. The van der Waals surface area contributed by atoms with E-state index in [1.807, 2.05) is 6.08 Å². The van der Waals surface area contributed by atoms with Crippen LogP contribution in [0.1, 0.15) is 72.6 Å². The summed E-state index contributed by atoms with van der Waals surface area (Å²) >= 11 is 0. The molecule has 6 atom stereocenters. The van der Waals surface area contributed by atoms with E-state index in [0.29, 0.717) is 6.42 Å². The zero-order valence-corrected chi connectivity index (χ0v) is 15.2. The van der Waals surface area contributed by atoms with Gasteiger partial charge in [-0.1, -0.05) is 40.2 Å². The molecule has 0 aliphatic heterocycles. The molecule has 0 unspecified atom stereocenters. The smallest absolute Gasteiger partial charge is 0.101 e. The second kappa shape index (κ2) is 4.83. The van der Waals surface area contributed by atoms with E-state index in [2.05, 4.69) is 34.3 Å². The molecule has 3 N–H and O–H groups in total. The predicted molar refractivity (Wildman–Crippen MR) is 91.9 cm³/mol. The van der Waals surface area contributed by atoms with Gasteiger partial charge in [-0.25, -0.2) is 0 Å². The molecule has 3 saturated carbocycles. The van der Waals surface area contributed by atoms with Crippen molar-refractivity contribution < 1.29 is 15.3 Å². The highest BCUT2D eigenvalue weighted by Crippen LogP contribution is 2.68. The predicted octanol–water partition coefficient (Wildman–Crippen LogP) is 3.42. The first kappa shape index (κ1) is 17.4. The number of hydrogen-bond donors (Lipinski definition) is 3. The van der Waals surface area contributed by atoms with Crippen molar-refractivity contribution in [1.29, 1.82) is 0 Å². The van der Waals surface area contributed by atoms with Gasteiger partial charge in [0.25, 0.3) is 0 Å². The molecule has 0 amide bonds. The number of hydrogen-bond acceptors (Lipinski definition) is 3. The van der Waals surface area contributed by atoms with Crippen LogP contribution in [0.2, 0.25) is 0 Å². The minimum Gasteiger partial charge on any atom is -0.390 e. The van der Waals surface area contributed by atoms with Gasteiger partial charge in [-0.3, -0.25) is 0 Å². The summed E-state index contributed by atoms with van der Waals surface area (Å²) in [5.41, 5.74) is -2.89. The van der Waals surface area contributed by atoms with E-state index in [1.54, 1.807) is 0 Å². The summed E-state index contributed by atoms with van der Waals surface area (Å²) in [5.74, 6) is 0.0380. The van der Waals surface area contributed by atoms with Crippen molar-refractivity contribution >= 4 is 0 Å². The molecular formula is C20H34O3. The SMILES string of the molecule is C=C[C@@]1(C)CC[C@H]2[C@@](O)(C[C@@H](O)[C@@]3(O)C(C)(C)CCC[C@]23C)C1. The number of aliphatic hydroxyl groups excluding tert-OH is 1. The Morgan fingerprint density at radius 3 is 2.30 bits per heavy atom. The van der Waals surface area contributed by atoms with Crippen LogP contribution in [0.3, 0.4) is 0 Å². The summed E-state index contributed by atoms with van der Waals surface area (Å²) in [6, 6.07) is 0. The maximum absolute atomic E-state index is 11.7. The molecule has 3 nitrogen and oxygen atoms in total. The molecule has 3 aliphatic rings. The van der Waals surface area contributed by atoms with Crippen molar-refractivity contribution in [2.75, 3.05) is 0 Å². The summed E-state index contributed by atoms with van der Waals surface area (Å²) in [4.78, 5) is 0. The van der Waals surface area contributed by atoms with Crippen molar-refractivity contribution in [2.24, 2.45) is 22.2 Å². The molecule has 0 radical (unpaired) electrons. The van der Waals surface area contributed by atoms with E-state index in [0.717, 1.165) is 32.1 Å². The fourth-order valence-corrected chi connectivity index (χ4v) is 6.76. The summed E-state index contributed by atoms with van der Waals surface area (Å²) in [6.07, 6.45) is 6.72. The summed E-state index contributed by atoms with van der Waals surface area (Å²) in [5, 5.41) is 34.2. The molecule has 0 bridgehead atoms. The van der Waals surface area contributed by atoms with E-state index in [-0.39, 0.29) is 23.2 Å². The van der Waals surface area contributed by atoms with Gasteiger partial charge in [-0.05, 0) is 48.9 Å². The van der Waals surface area contributed by atoms with Gasteiger partial charge in [0.15, 0.2) is 0 Å². The van der Waals surface area contributed by atoms with Crippen LogP contribution in [0.5, 0.6) is 0 Å². The van der Waals surface area contributed by atoms with Crippen LogP contribution in [-0.4, -0.2) is 32.6 Å². The Balaban J connectivity index is 2.08. The van der Waals surface area contributed by atoms with Crippen LogP contribution in [0.15, 0.2) is 12.7 Å². The Hall–Kier alpha value is -0.380. The van der Waals surface area contributed by atoms with Crippen LogP contribution >= 0.6 is 0 Å². The minimum absolute atomic E-state index is 0.0380. The second-order valence-electron chi connectivity index (χ2n) is 9.87. The van der Waals surface area contributed by atoms with Crippen LogP contribution in [-0.2, 0) is 0 Å². The number of rotatable bonds is 1. The van der Waals surface area contributed by atoms with Crippen molar-refractivity contribution in [1.82, 2.24) is 0 Å². The monoisotopic (exact) mass is 322 g/mol. The second-order valence-corrected chi connectivity index (χ2v) is 9.87. The highest BCUT2D eigenvalue weighted by atomic mass is 16.4. The molecule has 0 aromatic rings. The Morgan fingerprint density at radius 1 is 1.04 bits per heavy atom.